The lowest BCUT2D eigenvalue weighted by atomic mass is 9.81. The van der Waals surface area contributed by atoms with E-state index in [4.69, 9.17) is 0 Å². The molecule has 2 heteroatoms. The predicted octanol–water partition coefficient (Wildman–Crippen LogP) is 6.96. The van der Waals surface area contributed by atoms with Crippen LogP contribution in [0.5, 0.6) is 0 Å². The molecule has 0 amide bonds. The van der Waals surface area contributed by atoms with Crippen LogP contribution in [0.15, 0.2) is 108 Å². The van der Waals surface area contributed by atoms with E-state index in [0.29, 0.717) is 22.3 Å². The Kier molecular flexibility index (Phi) is 4.70. The van der Waals surface area contributed by atoms with Gasteiger partial charge in [0.2, 0.25) is 0 Å². The largest absolute Gasteiger partial charge is 0.289 e. The SMILES string of the molecule is Cc1ccc([C@@H]2/C(=C3/C(=O)c4ccccc4[C@@H]3c3ccc(C)cc3)C(=O)c3ccccc32)cc1. The first-order chi connectivity index (χ1) is 16.5. The van der Waals surface area contributed by atoms with Crippen LogP contribution in [0.2, 0.25) is 0 Å². The molecule has 4 aromatic carbocycles. The first-order valence-corrected chi connectivity index (χ1v) is 11.7. The molecule has 0 aliphatic heterocycles. The first kappa shape index (κ1) is 20.6. The second-order valence-corrected chi connectivity index (χ2v) is 9.35. The third-order valence-corrected chi connectivity index (χ3v) is 7.21. The monoisotopic (exact) mass is 440 g/mol. The number of aryl methyl sites for hydroxylation is 2. The van der Waals surface area contributed by atoms with E-state index in [1.54, 1.807) is 0 Å². The summed E-state index contributed by atoms with van der Waals surface area (Å²) < 4.78 is 0. The lowest BCUT2D eigenvalue weighted by Gasteiger charge is -2.20. The fraction of sp³-hybridized carbons (Fsp3) is 0.125. The van der Waals surface area contributed by atoms with Crippen molar-refractivity contribution in [1.82, 2.24) is 0 Å². The molecule has 0 saturated heterocycles. The molecular formula is C32H24O2. The summed E-state index contributed by atoms with van der Waals surface area (Å²) in [7, 11) is 0. The van der Waals surface area contributed by atoms with Gasteiger partial charge in [0.25, 0.3) is 0 Å². The Labute approximate surface area is 199 Å². The van der Waals surface area contributed by atoms with Gasteiger partial charge in [-0.3, -0.25) is 9.59 Å². The van der Waals surface area contributed by atoms with Gasteiger partial charge in [0, 0.05) is 34.1 Å². The van der Waals surface area contributed by atoms with Gasteiger partial charge in [0.1, 0.15) is 0 Å². The molecule has 0 radical (unpaired) electrons. The number of fused-ring (bicyclic) bond motifs is 2. The molecule has 0 heterocycles. The third kappa shape index (κ3) is 3.03. The Morgan fingerprint density at radius 3 is 1.21 bits per heavy atom. The van der Waals surface area contributed by atoms with E-state index in [1.807, 2.05) is 48.5 Å². The smallest absolute Gasteiger partial charge is 0.190 e. The molecule has 2 nitrogen and oxygen atoms in total. The van der Waals surface area contributed by atoms with Crippen molar-refractivity contribution in [1.29, 1.82) is 0 Å². The summed E-state index contributed by atoms with van der Waals surface area (Å²) in [5.41, 5.74) is 9.00. The van der Waals surface area contributed by atoms with Gasteiger partial charge in [-0.25, -0.2) is 0 Å². The Balaban J connectivity index is 1.66. The molecule has 0 spiro atoms. The Morgan fingerprint density at radius 2 is 0.824 bits per heavy atom. The maximum absolute atomic E-state index is 14.0. The number of hydrogen-bond acceptors (Lipinski definition) is 2. The summed E-state index contributed by atoms with van der Waals surface area (Å²) in [4.78, 5) is 27.9. The molecular weight excluding hydrogens is 416 g/mol. The summed E-state index contributed by atoms with van der Waals surface area (Å²) in [6, 6.07) is 32.2. The molecule has 2 atom stereocenters. The number of hydrogen-bond donors (Lipinski definition) is 0. The molecule has 164 valence electrons. The molecule has 0 saturated carbocycles. The van der Waals surface area contributed by atoms with Crippen LogP contribution in [0.3, 0.4) is 0 Å². The number of carbonyl (C=O) groups excluding carboxylic acids is 2. The lowest BCUT2D eigenvalue weighted by molar-refractivity contribution is 0.100. The highest BCUT2D eigenvalue weighted by Crippen LogP contribution is 2.51. The van der Waals surface area contributed by atoms with Crippen LogP contribution in [-0.2, 0) is 0 Å². The molecule has 2 aliphatic rings. The van der Waals surface area contributed by atoms with Crippen molar-refractivity contribution in [2.24, 2.45) is 0 Å². The van der Waals surface area contributed by atoms with Gasteiger partial charge in [-0.1, -0.05) is 108 Å². The maximum Gasteiger partial charge on any atom is 0.190 e. The zero-order valence-electron chi connectivity index (χ0n) is 19.2. The number of Topliss-reactive ketones (excluding diaryl/α,β-unsaturated/α-hetero) is 2. The molecule has 0 aromatic heterocycles. The second kappa shape index (κ2) is 7.78. The third-order valence-electron chi connectivity index (χ3n) is 7.21. The van der Waals surface area contributed by atoms with E-state index < -0.39 is 0 Å². The zero-order chi connectivity index (χ0) is 23.4. The van der Waals surface area contributed by atoms with Gasteiger partial charge in [-0.05, 0) is 36.1 Å². The zero-order valence-corrected chi connectivity index (χ0v) is 19.2. The van der Waals surface area contributed by atoms with Crippen LogP contribution in [0.1, 0.15) is 65.9 Å². The van der Waals surface area contributed by atoms with E-state index in [1.165, 1.54) is 0 Å². The molecule has 6 rings (SSSR count). The van der Waals surface area contributed by atoms with E-state index in [2.05, 4.69) is 62.4 Å². The van der Waals surface area contributed by atoms with Gasteiger partial charge in [0.15, 0.2) is 11.6 Å². The number of benzene rings is 4. The normalized spacial score (nSPS) is 21.0. The van der Waals surface area contributed by atoms with Crippen LogP contribution >= 0.6 is 0 Å². The van der Waals surface area contributed by atoms with Crippen LogP contribution in [0.4, 0.5) is 0 Å². The summed E-state index contributed by atoms with van der Waals surface area (Å²) in [6.45, 7) is 4.11. The molecule has 4 aromatic rings. The van der Waals surface area contributed by atoms with Gasteiger partial charge in [0.05, 0.1) is 0 Å². The summed E-state index contributed by atoms with van der Waals surface area (Å²) >= 11 is 0. The molecule has 34 heavy (non-hydrogen) atoms. The summed E-state index contributed by atoms with van der Waals surface area (Å²) in [5, 5.41) is 0. The first-order valence-electron chi connectivity index (χ1n) is 11.7. The van der Waals surface area contributed by atoms with Crippen molar-refractivity contribution in [3.05, 3.63) is 153 Å². The van der Waals surface area contributed by atoms with E-state index >= 15 is 0 Å². The van der Waals surface area contributed by atoms with Gasteiger partial charge >= 0.3 is 0 Å². The average Bonchev–Trinajstić information content (AvgIpc) is 3.31. The van der Waals surface area contributed by atoms with Gasteiger partial charge in [-0.2, -0.15) is 0 Å². The summed E-state index contributed by atoms with van der Waals surface area (Å²) in [6.07, 6.45) is 0. The van der Waals surface area contributed by atoms with Crippen LogP contribution in [0, 0.1) is 13.8 Å². The maximum atomic E-state index is 14.0. The predicted molar refractivity (Wildman–Crippen MR) is 135 cm³/mol. The molecule has 0 bridgehead atoms. The molecule has 0 unspecified atom stereocenters. The topological polar surface area (TPSA) is 34.1 Å². The minimum Gasteiger partial charge on any atom is -0.289 e. The molecule has 0 fully saturated rings. The highest BCUT2D eigenvalue weighted by Gasteiger charge is 2.45. The van der Waals surface area contributed by atoms with Crippen molar-refractivity contribution >= 4 is 11.6 Å². The fourth-order valence-electron chi connectivity index (χ4n) is 5.54. The number of rotatable bonds is 2. The molecule has 2 aliphatic carbocycles. The fourth-order valence-corrected chi connectivity index (χ4v) is 5.54. The quantitative estimate of drug-likeness (QED) is 0.316. The van der Waals surface area contributed by atoms with Crippen molar-refractivity contribution < 1.29 is 9.59 Å². The van der Waals surface area contributed by atoms with E-state index in [9.17, 15) is 9.59 Å². The Morgan fingerprint density at radius 1 is 0.471 bits per heavy atom. The Hall–Kier alpha value is -4.04. The summed E-state index contributed by atoms with van der Waals surface area (Å²) in [5.74, 6) is -0.583. The van der Waals surface area contributed by atoms with Gasteiger partial charge in [-0.15, -0.1) is 0 Å². The Bertz CT molecular complexity index is 1370. The van der Waals surface area contributed by atoms with Crippen molar-refractivity contribution in [2.75, 3.05) is 0 Å². The van der Waals surface area contributed by atoms with Crippen LogP contribution < -0.4 is 0 Å². The van der Waals surface area contributed by atoms with Crippen LogP contribution in [0.25, 0.3) is 0 Å². The molecule has 0 N–H and O–H groups in total. The van der Waals surface area contributed by atoms with Gasteiger partial charge < -0.3 is 0 Å². The van der Waals surface area contributed by atoms with Crippen molar-refractivity contribution in [3.8, 4) is 0 Å². The van der Waals surface area contributed by atoms with Crippen LogP contribution in [-0.4, -0.2) is 11.6 Å². The number of allylic oxidation sites excluding steroid dienone is 2. The highest BCUT2D eigenvalue weighted by molar-refractivity contribution is 6.24. The minimum absolute atomic E-state index is 0.0329. The average molecular weight is 441 g/mol. The highest BCUT2D eigenvalue weighted by atomic mass is 16.1. The van der Waals surface area contributed by atoms with Crippen molar-refractivity contribution in [2.45, 2.75) is 25.7 Å². The van der Waals surface area contributed by atoms with Crippen molar-refractivity contribution in [3.63, 3.8) is 0 Å². The van der Waals surface area contributed by atoms with E-state index in [0.717, 1.165) is 33.4 Å². The number of carbonyl (C=O) groups is 2. The number of ketones is 2. The lowest BCUT2D eigenvalue weighted by Crippen LogP contribution is -2.13. The standard InChI is InChI=1S/C32H24O2/c1-19-11-15-21(16-12-19)27-23-7-3-5-9-25(23)31(33)29(27)30-28(22-17-13-20(2)14-18-22)24-8-4-6-10-26(24)32(30)34/h3-18,27-28H,1-2H3/b30-29-/t27-,28-/m0/s1. The van der Waals surface area contributed by atoms with E-state index in [-0.39, 0.29) is 23.4 Å². The second-order valence-electron chi connectivity index (χ2n) is 9.35. The minimum atomic E-state index is -0.259.